The van der Waals surface area contributed by atoms with Gasteiger partial charge in [0.05, 0.1) is 6.20 Å². The van der Waals surface area contributed by atoms with E-state index in [0.29, 0.717) is 6.54 Å². The summed E-state index contributed by atoms with van der Waals surface area (Å²) in [6.07, 6.45) is 2.87. The number of rotatable bonds is 3. The number of aromatic nitrogens is 1. The zero-order valence-corrected chi connectivity index (χ0v) is 11.6. The maximum Gasteiger partial charge on any atom is 0.141 e. The van der Waals surface area contributed by atoms with Crippen LogP contribution in [0.4, 0.5) is 8.78 Å². The average molecular weight is 289 g/mol. The van der Waals surface area contributed by atoms with Crippen molar-refractivity contribution in [1.29, 1.82) is 0 Å². The van der Waals surface area contributed by atoms with Crippen LogP contribution in [0.15, 0.2) is 42.7 Å². The van der Waals surface area contributed by atoms with Crippen molar-refractivity contribution in [1.82, 2.24) is 15.2 Å². The molecule has 3 nitrogen and oxygen atoms in total. The second-order valence-electron chi connectivity index (χ2n) is 5.26. The fourth-order valence-electron chi connectivity index (χ4n) is 2.75. The monoisotopic (exact) mass is 289 g/mol. The molecule has 2 heterocycles. The molecule has 1 N–H and O–H groups in total. The highest BCUT2D eigenvalue weighted by Crippen LogP contribution is 2.24. The molecular weight excluding hydrogens is 272 g/mol. The highest BCUT2D eigenvalue weighted by molar-refractivity contribution is 5.22. The number of piperazine rings is 1. The highest BCUT2D eigenvalue weighted by atomic mass is 19.1. The van der Waals surface area contributed by atoms with E-state index in [-0.39, 0.29) is 17.7 Å². The van der Waals surface area contributed by atoms with Crippen LogP contribution in [0.1, 0.15) is 17.2 Å². The summed E-state index contributed by atoms with van der Waals surface area (Å²) in [4.78, 5) is 6.11. The number of benzene rings is 1. The molecule has 0 bridgehead atoms. The Morgan fingerprint density at radius 2 is 2.10 bits per heavy atom. The zero-order chi connectivity index (χ0) is 14.7. The Hall–Kier alpha value is -1.85. The molecule has 21 heavy (non-hydrogen) atoms. The van der Waals surface area contributed by atoms with E-state index in [1.807, 2.05) is 6.07 Å². The SMILES string of the molecule is Fc1cncc(CN2CCNCC2c2cccc(F)c2)c1. The standard InChI is InChI=1S/C16H17F2N3/c17-14-3-1-2-13(7-14)16-10-19-4-5-21(16)11-12-6-15(18)9-20-8-12/h1-3,6-9,16,19H,4-5,10-11H2. The Kier molecular flexibility index (Phi) is 4.22. The Morgan fingerprint density at radius 3 is 2.90 bits per heavy atom. The molecule has 0 aliphatic carbocycles. The lowest BCUT2D eigenvalue weighted by molar-refractivity contribution is 0.153. The highest BCUT2D eigenvalue weighted by Gasteiger charge is 2.24. The molecule has 5 heteroatoms. The van der Waals surface area contributed by atoms with Crippen LogP contribution in [0.25, 0.3) is 0 Å². The van der Waals surface area contributed by atoms with Gasteiger partial charge in [-0.15, -0.1) is 0 Å². The van der Waals surface area contributed by atoms with Gasteiger partial charge < -0.3 is 5.32 Å². The lowest BCUT2D eigenvalue weighted by Gasteiger charge is -2.36. The van der Waals surface area contributed by atoms with Crippen molar-refractivity contribution in [3.63, 3.8) is 0 Å². The summed E-state index contributed by atoms with van der Waals surface area (Å²) in [5.41, 5.74) is 1.77. The van der Waals surface area contributed by atoms with E-state index in [2.05, 4.69) is 15.2 Å². The van der Waals surface area contributed by atoms with Crippen LogP contribution in [0.5, 0.6) is 0 Å². The first kappa shape index (κ1) is 14.1. The van der Waals surface area contributed by atoms with Crippen molar-refractivity contribution < 1.29 is 8.78 Å². The third kappa shape index (κ3) is 3.43. The lowest BCUT2D eigenvalue weighted by Crippen LogP contribution is -2.45. The van der Waals surface area contributed by atoms with Gasteiger partial charge in [0.25, 0.3) is 0 Å². The molecule has 0 saturated carbocycles. The second-order valence-corrected chi connectivity index (χ2v) is 5.26. The van der Waals surface area contributed by atoms with Gasteiger partial charge in [-0.1, -0.05) is 12.1 Å². The van der Waals surface area contributed by atoms with E-state index in [1.54, 1.807) is 18.3 Å². The number of nitrogens with one attached hydrogen (secondary N) is 1. The van der Waals surface area contributed by atoms with Gasteiger partial charge in [-0.2, -0.15) is 0 Å². The summed E-state index contributed by atoms with van der Waals surface area (Å²) in [6.45, 7) is 3.06. The van der Waals surface area contributed by atoms with Gasteiger partial charge in [-0.25, -0.2) is 8.78 Å². The minimum absolute atomic E-state index is 0.0812. The van der Waals surface area contributed by atoms with Gasteiger partial charge in [0.2, 0.25) is 0 Å². The Bertz CT molecular complexity index is 618. The van der Waals surface area contributed by atoms with Crippen molar-refractivity contribution in [2.24, 2.45) is 0 Å². The maximum atomic E-state index is 13.4. The molecule has 1 aliphatic heterocycles. The quantitative estimate of drug-likeness (QED) is 0.941. The summed E-state index contributed by atoms with van der Waals surface area (Å²) in [5.74, 6) is -0.560. The molecule has 1 aliphatic rings. The molecule has 0 amide bonds. The van der Waals surface area contributed by atoms with Crippen LogP contribution in [0, 0.1) is 11.6 Å². The van der Waals surface area contributed by atoms with Crippen molar-refractivity contribution in [2.75, 3.05) is 19.6 Å². The largest absolute Gasteiger partial charge is 0.314 e. The van der Waals surface area contributed by atoms with Crippen LogP contribution in [0.3, 0.4) is 0 Å². The zero-order valence-electron chi connectivity index (χ0n) is 11.6. The summed E-state index contributed by atoms with van der Waals surface area (Å²) in [5, 5.41) is 3.33. The maximum absolute atomic E-state index is 13.4. The van der Waals surface area contributed by atoms with E-state index in [1.165, 1.54) is 18.3 Å². The molecule has 1 aromatic heterocycles. The van der Waals surface area contributed by atoms with Gasteiger partial charge >= 0.3 is 0 Å². The minimum Gasteiger partial charge on any atom is -0.314 e. The van der Waals surface area contributed by atoms with Crippen molar-refractivity contribution >= 4 is 0 Å². The predicted octanol–water partition coefficient (Wildman–Crippen LogP) is 2.51. The summed E-state index contributed by atoms with van der Waals surface area (Å²) in [7, 11) is 0. The van der Waals surface area contributed by atoms with Crippen LogP contribution >= 0.6 is 0 Å². The van der Waals surface area contributed by atoms with Crippen molar-refractivity contribution in [3.05, 3.63) is 65.5 Å². The molecule has 110 valence electrons. The Labute approximate surface area is 122 Å². The Balaban J connectivity index is 1.81. The van der Waals surface area contributed by atoms with Gasteiger partial charge in [0.1, 0.15) is 11.6 Å². The van der Waals surface area contributed by atoms with E-state index in [4.69, 9.17) is 0 Å². The van der Waals surface area contributed by atoms with E-state index < -0.39 is 0 Å². The number of nitrogens with zero attached hydrogens (tertiary/aromatic N) is 2. The van der Waals surface area contributed by atoms with E-state index >= 15 is 0 Å². The van der Waals surface area contributed by atoms with Gasteiger partial charge in [0, 0.05) is 38.4 Å². The summed E-state index contributed by atoms with van der Waals surface area (Å²) >= 11 is 0. The molecule has 0 spiro atoms. The third-order valence-electron chi connectivity index (χ3n) is 3.73. The summed E-state index contributed by atoms with van der Waals surface area (Å²) in [6, 6.07) is 8.24. The number of hydrogen-bond donors (Lipinski definition) is 1. The van der Waals surface area contributed by atoms with Crippen LogP contribution < -0.4 is 5.32 Å². The fraction of sp³-hybridized carbons (Fsp3) is 0.312. The number of halogens is 2. The predicted molar refractivity (Wildman–Crippen MR) is 76.6 cm³/mol. The molecule has 2 aromatic rings. The molecule has 0 radical (unpaired) electrons. The molecule has 3 rings (SSSR count). The molecule has 1 saturated heterocycles. The third-order valence-corrected chi connectivity index (χ3v) is 3.73. The first-order valence-corrected chi connectivity index (χ1v) is 7.02. The van der Waals surface area contributed by atoms with Crippen LogP contribution in [-0.2, 0) is 6.54 Å². The number of hydrogen-bond acceptors (Lipinski definition) is 3. The van der Waals surface area contributed by atoms with E-state index in [9.17, 15) is 8.78 Å². The van der Waals surface area contributed by atoms with E-state index in [0.717, 1.165) is 30.8 Å². The minimum atomic E-state index is -0.329. The first-order chi connectivity index (χ1) is 10.2. The summed E-state index contributed by atoms with van der Waals surface area (Å²) < 4.78 is 26.7. The normalized spacial score (nSPS) is 19.6. The number of pyridine rings is 1. The molecule has 1 unspecified atom stereocenters. The van der Waals surface area contributed by atoms with Crippen LogP contribution in [0.2, 0.25) is 0 Å². The second kappa shape index (κ2) is 6.28. The smallest absolute Gasteiger partial charge is 0.141 e. The van der Waals surface area contributed by atoms with Gasteiger partial charge in [0.15, 0.2) is 0 Å². The average Bonchev–Trinajstić information content (AvgIpc) is 2.48. The first-order valence-electron chi connectivity index (χ1n) is 7.02. The van der Waals surface area contributed by atoms with Gasteiger partial charge in [-0.05, 0) is 29.3 Å². The molecule has 1 atom stereocenters. The van der Waals surface area contributed by atoms with Crippen molar-refractivity contribution in [2.45, 2.75) is 12.6 Å². The van der Waals surface area contributed by atoms with Crippen LogP contribution in [-0.4, -0.2) is 29.5 Å². The Morgan fingerprint density at radius 1 is 1.19 bits per heavy atom. The van der Waals surface area contributed by atoms with Crippen molar-refractivity contribution in [3.8, 4) is 0 Å². The molecule has 1 aromatic carbocycles. The molecular formula is C16H17F2N3. The lowest BCUT2D eigenvalue weighted by atomic mass is 10.0. The molecule has 1 fully saturated rings. The topological polar surface area (TPSA) is 28.2 Å². The fourth-order valence-corrected chi connectivity index (χ4v) is 2.75. The van der Waals surface area contributed by atoms with Gasteiger partial charge in [-0.3, -0.25) is 9.88 Å².